The van der Waals surface area contributed by atoms with E-state index in [0.29, 0.717) is 5.56 Å². The fourth-order valence-electron chi connectivity index (χ4n) is 1.82. The highest BCUT2D eigenvalue weighted by molar-refractivity contribution is 6.29. The van der Waals surface area contributed by atoms with Crippen molar-refractivity contribution in [3.63, 3.8) is 0 Å². The molecular weight excluding hydrogens is 290 g/mol. The van der Waals surface area contributed by atoms with Gasteiger partial charge in [0.05, 0.1) is 5.56 Å². The third-order valence-corrected chi connectivity index (χ3v) is 3.21. The first kappa shape index (κ1) is 15.2. The second-order valence-corrected chi connectivity index (χ2v) is 5.07. The quantitative estimate of drug-likeness (QED) is 0.493. The number of hydrogen-bond donors (Lipinski definition) is 0. The van der Waals surface area contributed by atoms with Crippen molar-refractivity contribution >= 4 is 23.4 Å². The van der Waals surface area contributed by atoms with E-state index < -0.39 is 5.97 Å². The molecule has 2 aromatic rings. The number of esters is 1. The van der Waals surface area contributed by atoms with Gasteiger partial charge >= 0.3 is 5.97 Å². The van der Waals surface area contributed by atoms with Gasteiger partial charge in [-0.3, -0.25) is 4.79 Å². The summed E-state index contributed by atoms with van der Waals surface area (Å²) in [5, 5.41) is 0.290. The number of hydrogen-bond acceptors (Lipinski definition) is 4. The average molecular weight is 304 g/mol. The van der Waals surface area contributed by atoms with Crippen molar-refractivity contribution in [1.82, 2.24) is 4.98 Å². The monoisotopic (exact) mass is 303 g/mol. The number of rotatable bonds is 4. The van der Waals surface area contributed by atoms with Gasteiger partial charge in [-0.1, -0.05) is 29.3 Å². The molecule has 0 bridgehead atoms. The van der Waals surface area contributed by atoms with Crippen LogP contribution in [-0.4, -0.2) is 23.3 Å². The van der Waals surface area contributed by atoms with Crippen molar-refractivity contribution in [2.24, 2.45) is 0 Å². The van der Waals surface area contributed by atoms with E-state index in [4.69, 9.17) is 16.3 Å². The Balaban J connectivity index is 2.02. The summed E-state index contributed by atoms with van der Waals surface area (Å²) in [6, 6.07) is 8.57. The Labute approximate surface area is 127 Å². The lowest BCUT2D eigenvalue weighted by Crippen LogP contribution is -2.15. The van der Waals surface area contributed by atoms with Crippen LogP contribution in [0.15, 0.2) is 36.5 Å². The number of carbonyl (C=O) groups excluding carboxylic acids is 2. The van der Waals surface area contributed by atoms with E-state index in [1.807, 2.05) is 26.0 Å². The van der Waals surface area contributed by atoms with Gasteiger partial charge in [0, 0.05) is 11.8 Å². The second-order valence-electron chi connectivity index (χ2n) is 4.69. The molecule has 0 radical (unpaired) electrons. The number of pyridine rings is 1. The number of Topliss-reactive ketones (excluding diaryl/α,β-unsaturated/α-hetero) is 1. The molecule has 0 amide bonds. The lowest BCUT2D eigenvalue weighted by atomic mass is 10.0. The van der Waals surface area contributed by atoms with Crippen LogP contribution < -0.4 is 0 Å². The first-order valence-corrected chi connectivity index (χ1v) is 6.74. The zero-order valence-electron chi connectivity index (χ0n) is 11.7. The molecule has 0 aliphatic rings. The van der Waals surface area contributed by atoms with Gasteiger partial charge in [0.1, 0.15) is 5.15 Å². The summed E-state index contributed by atoms with van der Waals surface area (Å²) >= 11 is 5.64. The van der Waals surface area contributed by atoms with Crippen LogP contribution in [0.25, 0.3) is 0 Å². The Kier molecular flexibility index (Phi) is 4.70. The number of ketones is 1. The zero-order valence-corrected chi connectivity index (χ0v) is 12.5. The van der Waals surface area contributed by atoms with Crippen molar-refractivity contribution in [3.8, 4) is 0 Å². The normalized spacial score (nSPS) is 10.2. The Morgan fingerprint density at radius 2 is 1.95 bits per heavy atom. The molecule has 0 spiro atoms. The number of halogens is 1. The van der Waals surface area contributed by atoms with Gasteiger partial charge in [-0.15, -0.1) is 0 Å². The van der Waals surface area contributed by atoms with Crippen LogP contribution in [0.3, 0.4) is 0 Å². The summed E-state index contributed by atoms with van der Waals surface area (Å²) in [5.74, 6) is -0.829. The Bertz CT molecular complexity index is 680. The van der Waals surface area contributed by atoms with Crippen LogP contribution in [-0.2, 0) is 4.74 Å². The molecule has 1 aromatic heterocycles. The molecule has 0 saturated heterocycles. The molecule has 0 atom stereocenters. The summed E-state index contributed by atoms with van der Waals surface area (Å²) in [5.41, 5.74) is 2.66. The molecule has 0 aliphatic carbocycles. The van der Waals surface area contributed by atoms with E-state index in [0.717, 1.165) is 11.1 Å². The largest absolute Gasteiger partial charge is 0.454 e. The molecule has 1 aromatic carbocycles. The van der Waals surface area contributed by atoms with Gasteiger partial charge in [-0.25, -0.2) is 9.78 Å². The maximum absolute atomic E-state index is 12.1. The minimum absolute atomic E-state index is 0.230. The summed E-state index contributed by atoms with van der Waals surface area (Å²) in [4.78, 5) is 27.7. The fourth-order valence-corrected chi connectivity index (χ4v) is 1.94. The maximum atomic E-state index is 12.1. The number of carbonyl (C=O) groups is 2. The van der Waals surface area contributed by atoms with Crippen LogP contribution in [0.4, 0.5) is 0 Å². The van der Waals surface area contributed by atoms with Gasteiger partial charge in [0.2, 0.25) is 5.78 Å². The van der Waals surface area contributed by atoms with Gasteiger partial charge in [0.25, 0.3) is 0 Å². The molecule has 4 nitrogen and oxygen atoms in total. The van der Waals surface area contributed by atoms with Gasteiger partial charge in [-0.05, 0) is 37.6 Å². The van der Waals surface area contributed by atoms with Crippen LogP contribution >= 0.6 is 11.6 Å². The molecule has 2 rings (SSSR count). The number of aromatic nitrogens is 1. The fraction of sp³-hybridized carbons (Fsp3) is 0.188. The van der Waals surface area contributed by atoms with Crippen LogP contribution in [0.1, 0.15) is 31.8 Å². The molecule has 0 N–H and O–H groups in total. The highest BCUT2D eigenvalue weighted by Gasteiger charge is 2.14. The number of nitrogens with zero attached hydrogens (tertiary/aromatic N) is 1. The van der Waals surface area contributed by atoms with Crippen LogP contribution in [0, 0.1) is 13.8 Å². The SMILES string of the molecule is Cc1ccc(C)c(C(=O)COC(=O)c2ccc(Cl)nc2)c1. The van der Waals surface area contributed by atoms with Crippen LogP contribution in [0.5, 0.6) is 0 Å². The molecule has 0 fully saturated rings. The summed E-state index contributed by atoms with van der Waals surface area (Å²) < 4.78 is 5.01. The van der Waals surface area contributed by atoms with Gasteiger partial charge in [0.15, 0.2) is 6.61 Å². The van der Waals surface area contributed by atoms with E-state index in [9.17, 15) is 9.59 Å². The standard InChI is InChI=1S/C16H14ClNO3/c1-10-3-4-11(2)13(7-10)14(19)9-21-16(20)12-5-6-15(17)18-8-12/h3-8H,9H2,1-2H3. The van der Waals surface area contributed by atoms with Gasteiger partial charge < -0.3 is 4.74 Å². The highest BCUT2D eigenvalue weighted by Crippen LogP contribution is 2.12. The smallest absolute Gasteiger partial charge is 0.340 e. The molecule has 5 heteroatoms. The molecule has 108 valence electrons. The molecule has 0 unspecified atom stereocenters. The first-order chi connectivity index (χ1) is 9.97. The second kappa shape index (κ2) is 6.50. The zero-order chi connectivity index (χ0) is 15.4. The predicted molar refractivity (Wildman–Crippen MR) is 79.8 cm³/mol. The minimum atomic E-state index is -0.599. The Hall–Kier alpha value is -2.20. The number of aryl methyl sites for hydroxylation is 2. The lowest BCUT2D eigenvalue weighted by molar-refractivity contribution is 0.0474. The molecular formula is C16H14ClNO3. The summed E-state index contributed by atoms with van der Waals surface area (Å²) in [6.07, 6.45) is 1.31. The molecule has 21 heavy (non-hydrogen) atoms. The van der Waals surface area contributed by atoms with E-state index in [1.54, 1.807) is 6.07 Å². The number of benzene rings is 1. The van der Waals surface area contributed by atoms with Crippen molar-refractivity contribution in [1.29, 1.82) is 0 Å². The van der Waals surface area contributed by atoms with Crippen molar-refractivity contribution < 1.29 is 14.3 Å². The molecule has 1 heterocycles. The third kappa shape index (κ3) is 3.89. The summed E-state index contributed by atoms with van der Waals surface area (Å²) in [6.45, 7) is 3.45. The topological polar surface area (TPSA) is 56.3 Å². The average Bonchev–Trinajstić information content (AvgIpc) is 2.47. The number of ether oxygens (including phenoxy) is 1. The third-order valence-electron chi connectivity index (χ3n) is 2.99. The van der Waals surface area contributed by atoms with E-state index in [1.165, 1.54) is 18.3 Å². The van der Waals surface area contributed by atoms with E-state index in [-0.39, 0.29) is 23.1 Å². The van der Waals surface area contributed by atoms with E-state index >= 15 is 0 Å². The van der Waals surface area contributed by atoms with Crippen molar-refractivity contribution in [2.75, 3.05) is 6.61 Å². The van der Waals surface area contributed by atoms with Crippen molar-refractivity contribution in [3.05, 3.63) is 63.9 Å². The van der Waals surface area contributed by atoms with Crippen molar-refractivity contribution in [2.45, 2.75) is 13.8 Å². The van der Waals surface area contributed by atoms with Crippen LogP contribution in [0.2, 0.25) is 5.15 Å². The Morgan fingerprint density at radius 1 is 1.19 bits per heavy atom. The first-order valence-electron chi connectivity index (χ1n) is 6.36. The van der Waals surface area contributed by atoms with Gasteiger partial charge in [-0.2, -0.15) is 0 Å². The predicted octanol–water partition coefficient (Wildman–Crippen LogP) is 3.39. The Morgan fingerprint density at radius 3 is 2.62 bits per heavy atom. The molecule has 0 saturated carbocycles. The minimum Gasteiger partial charge on any atom is -0.454 e. The van der Waals surface area contributed by atoms with E-state index in [2.05, 4.69) is 4.98 Å². The highest BCUT2D eigenvalue weighted by atomic mass is 35.5. The lowest BCUT2D eigenvalue weighted by Gasteiger charge is -2.07. The maximum Gasteiger partial charge on any atom is 0.340 e. The molecule has 0 aliphatic heterocycles. The summed E-state index contributed by atoms with van der Waals surface area (Å²) in [7, 11) is 0.